The second-order valence-corrected chi connectivity index (χ2v) is 5.42. The molecule has 19 heavy (non-hydrogen) atoms. The number of primary amides is 1. The number of piperidine rings is 1. The van der Waals surface area contributed by atoms with E-state index in [1.807, 2.05) is 0 Å². The SMILES string of the molecule is NC(=O)C1CCN(C(=O)c2cccc(Br)c2F)CC1. The Kier molecular flexibility index (Phi) is 4.19. The van der Waals surface area contributed by atoms with E-state index in [-0.39, 0.29) is 27.8 Å². The second kappa shape index (κ2) is 5.69. The summed E-state index contributed by atoms with van der Waals surface area (Å²) in [6.45, 7) is 0.858. The molecular formula is C13H14BrFN2O2. The van der Waals surface area contributed by atoms with Gasteiger partial charge in [0.05, 0.1) is 10.0 Å². The Morgan fingerprint density at radius 1 is 1.32 bits per heavy atom. The van der Waals surface area contributed by atoms with E-state index in [0.717, 1.165) is 0 Å². The average molecular weight is 329 g/mol. The van der Waals surface area contributed by atoms with Crippen LogP contribution in [-0.4, -0.2) is 29.8 Å². The van der Waals surface area contributed by atoms with E-state index in [1.54, 1.807) is 17.0 Å². The van der Waals surface area contributed by atoms with E-state index >= 15 is 0 Å². The van der Waals surface area contributed by atoms with Gasteiger partial charge in [0, 0.05) is 19.0 Å². The Hall–Kier alpha value is -1.43. The predicted octanol–water partition coefficient (Wildman–Crippen LogP) is 1.93. The number of hydrogen-bond donors (Lipinski definition) is 1. The summed E-state index contributed by atoms with van der Waals surface area (Å²) in [5, 5.41) is 0. The molecule has 0 aromatic heterocycles. The van der Waals surface area contributed by atoms with Crippen LogP contribution in [0.3, 0.4) is 0 Å². The molecule has 2 amide bonds. The smallest absolute Gasteiger partial charge is 0.256 e. The molecular weight excluding hydrogens is 315 g/mol. The van der Waals surface area contributed by atoms with Crippen molar-refractivity contribution in [1.29, 1.82) is 0 Å². The third kappa shape index (κ3) is 2.94. The summed E-state index contributed by atoms with van der Waals surface area (Å²) in [6, 6.07) is 4.63. The summed E-state index contributed by atoms with van der Waals surface area (Å²) in [5.41, 5.74) is 5.28. The zero-order valence-electron chi connectivity index (χ0n) is 10.2. The number of nitrogens with two attached hydrogens (primary N) is 1. The number of hydrogen-bond acceptors (Lipinski definition) is 2. The van der Waals surface area contributed by atoms with E-state index in [2.05, 4.69) is 15.9 Å². The minimum absolute atomic E-state index is 0.0481. The molecule has 102 valence electrons. The molecule has 0 unspecified atom stereocenters. The van der Waals surface area contributed by atoms with Crippen LogP contribution in [0.5, 0.6) is 0 Å². The fraction of sp³-hybridized carbons (Fsp3) is 0.385. The largest absolute Gasteiger partial charge is 0.369 e. The van der Waals surface area contributed by atoms with Crippen LogP contribution in [0.4, 0.5) is 4.39 Å². The zero-order valence-corrected chi connectivity index (χ0v) is 11.8. The lowest BCUT2D eigenvalue weighted by Gasteiger charge is -2.30. The van der Waals surface area contributed by atoms with Crippen LogP contribution in [0.1, 0.15) is 23.2 Å². The van der Waals surface area contributed by atoms with Gasteiger partial charge in [-0.2, -0.15) is 0 Å². The number of likely N-dealkylation sites (tertiary alicyclic amines) is 1. The first kappa shape index (κ1) is 14.0. The van der Waals surface area contributed by atoms with Gasteiger partial charge in [-0.15, -0.1) is 0 Å². The van der Waals surface area contributed by atoms with Crippen molar-refractivity contribution >= 4 is 27.7 Å². The number of rotatable bonds is 2. The van der Waals surface area contributed by atoms with E-state index in [1.165, 1.54) is 6.07 Å². The highest BCUT2D eigenvalue weighted by molar-refractivity contribution is 9.10. The third-order valence-corrected chi connectivity index (χ3v) is 3.98. The first-order chi connectivity index (χ1) is 9.00. The monoisotopic (exact) mass is 328 g/mol. The molecule has 1 saturated heterocycles. The number of benzene rings is 1. The van der Waals surface area contributed by atoms with Gasteiger partial charge in [-0.05, 0) is 40.9 Å². The summed E-state index contributed by atoms with van der Waals surface area (Å²) < 4.78 is 14.1. The number of amides is 2. The van der Waals surface area contributed by atoms with Gasteiger partial charge in [0.2, 0.25) is 5.91 Å². The molecule has 2 rings (SSSR count). The van der Waals surface area contributed by atoms with Gasteiger partial charge in [-0.3, -0.25) is 9.59 Å². The molecule has 1 aromatic rings. The highest BCUT2D eigenvalue weighted by atomic mass is 79.9. The minimum atomic E-state index is -0.551. The number of nitrogens with zero attached hydrogens (tertiary/aromatic N) is 1. The lowest BCUT2D eigenvalue weighted by atomic mass is 9.96. The van der Waals surface area contributed by atoms with E-state index in [4.69, 9.17) is 5.73 Å². The fourth-order valence-corrected chi connectivity index (χ4v) is 2.57. The van der Waals surface area contributed by atoms with Crippen molar-refractivity contribution < 1.29 is 14.0 Å². The predicted molar refractivity (Wildman–Crippen MR) is 71.9 cm³/mol. The fourth-order valence-electron chi connectivity index (χ4n) is 2.21. The Bertz CT molecular complexity index is 513. The normalized spacial score (nSPS) is 16.4. The van der Waals surface area contributed by atoms with E-state index in [9.17, 15) is 14.0 Å². The molecule has 0 bridgehead atoms. The van der Waals surface area contributed by atoms with Crippen LogP contribution >= 0.6 is 15.9 Å². The molecule has 1 aliphatic heterocycles. The van der Waals surface area contributed by atoms with Crippen molar-refractivity contribution in [3.63, 3.8) is 0 Å². The summed E-state index contributed by atoms with van der Waals surface area (Å²) >= 11 is 3.06. The van der Waals surface area contributed by atoms with Gasteiger partial charge in [-0.25, -0.2) is 4.39 Å². The van der Waals surface area contributed by atoms with Gasteiger partial charge >= 0.3 is 0 Å². The van der Waals surface area contributed by atoms with Gasteiger partial charge < -0.3 is 10.6 Å². The highest BCUT2D eigenvalue weighted by Crippen LogP contribution is 2.23. The molecule has 0 saturated carbocycles. The van der Waals surface area contributed by atoms with Crippen LogP contribution < -0.4 is 5.73 Å². The van der Waals surface area contributed by atoms with Crippen molar-refractivity contribution in [2.45, 2.75) is 12.8 Å². The molecule has 0 atom stereocenters. The van der Waals surface area contributed by atoms with Crippen molar-refractivity contribution in [3.05, 3.63) is 34.1 Å². The van der Waals surface area contributed by atoms with Gasteiger partial charge in [0.1, 0.15) is 5.82 Å². The topological polar surface area (TPSA) is 63.4 Å². The quantitative estimate of drug-likeness (QED) is 0.901. The molecule has 1 fully saturated rings. The Balaban J connectivity index is 2.09. The zero-order chi connectivity index (χ0) is 14.0. The minimum Gasteiger partial charge on any atom is -0.369 e. The molecule has 1 aliphatic rings. The lowest BCUT2D eigenvalue weighted by molar-refractivity contribution is -0.123. The standard InChI is InChI=1S/C13H14BrFN2O2/c14-10-3-1-2-9(11(10)15)13(19)17-6-4-8(5-7-17)12(16)18/h1-3,8H,4-7H2,(H2,16,18). The summed E-state index contributed by atoms with van der Waals surface area (Å²) in [4.78, 5) is 24.8. The first-order valence-corrected chi connectivity index (χ1v) is 6.82. The van der Waals surface area contributed by atoms with Crippen molar-refractivity contribution in [2.24, 2.45) is 11.7 Å². The molecule has 2 N–H and O–H groups in total. The maximum Gasteiger partial charge on any atom is 0.256 e. The third-order valence-electron chi connectivity index (χ3n) is 3.37. The average Bonchev–Trinajstić information content (AvgIpc) is 2.41. The second-order valence-electron chi connectivity index (χ2n) is 4.57. The lowest BCUT2D eigenvalue weighted by Crippen LogP contribution is -2.42. The van der Waals surface area contributed by atoms with Crippen LogP contribution in [0, 0.1) is 11.7 Å². The van der Waals surface area contributed by atoms with Gasteiger partial charge in [0.25, 0.3) is 5.91 Å². The van der Waals surface area contributed by atoms with Crippen LogP contribution in [0.15, 0.2) is 22.7 Å². The summed E-state index contributed by atoms with van der Waals surface area (Å²) in [6.07, 6.45) is 1.08. The van der Waals surface area contributed by atoms with Gasteiger partial charge in [-0.1, -0.05) is 6.07 Å². The maximum atomic E-state index is 13.8. The Morgan fingerprint density at radius 3 is 2.53 bits per heavy atom. The van der Waals surface area contributed by atoms with Crippen molar-refractivity contribution in [2.75, 3.05) is 13.1 Å². The molecule has 1 heterocycles. The Morgan fingerprint density at radius 2 is 1.95 bits per heavy atom. The van der Waals surface area contributed by atoms with E-state index < -0.39 is 5.82 Å². The summed E-state index contributed by atoms with van der Waals surface area (Å²) in [5.74, 6) is -1.41. The van der Waals surface area contributed by atoms with Crippen LogP contribution in [-0.2, 0) is 4.79 Å². The highest BCUT2D eigenvalue weighted by Gasteiger charge is 2.27. The van der Waals surface area contributed by atoms with Crippen molar-refractivity contribution in [3.8, 4) is 0 Å². The number of carbonyl (C=O) groups excluding carboxylic acids is 2. The van der Waals surface area contributed by atoms with Crippen LogP contribution in [0.25, 0.3) is 0 Å². The molecule has 1 aromatic carbocycles. The Labute approximate surface area is 118 Å². The summed E-state index contributed by atoms with van der Waals surface area (Å²) in [7, 11) is 0. The maximum absolute atomic E-state index is 13.8. The van der Waals surface area contributed by atoms with Gasteiger partial charge in [0.15, 0.2) is 0 Å². The number of halogens is 2. The van der Waals surface area contributed by atoms with Crippen molar-refractivity contribution in [1.82, 2.24) is 4.90 Å². The molecule has 6 heteroatoms. The first-order valence-electron chi connectivity index (χ1n) is 6.03. The van der Waals surface area contributed by atoms with Crippen LogP contribution in [0.2, 0.25) is 0 Å². The number of carbonyl (C=O) groups is 2. The molecule has 4 nitrogen and oxygen atoms in total. The molecule has 0 aliphatic carbocycles. The molecule has 0 spiro atoms. The van der Waals surface area contributed by atoms with E-state index in [0.29, 0.717) is 25.9 Å². The molecule has 0 radical (unpaired) electrons.